The molecule has 0 unspecified atom stereocenters. The lowest BCUT2D eigenvalue weighted by Gasteiger charge is -2.11. The van der Waals surface area contributed by atoms with Crippen LogP contribution < -0.4 is 4.74 Å². The highest BCUT2D eigenvalue weighted by molar-refractivity contribution is 7.99. The zero-order chi connectivity index (χ0) is 16.9. The van der Waals surface area contributed by atoms with E-state index >= 15 is 0 Å². The summed E-state index contributed by atoms with van der Waals surface area (Å²) < 4.78 is 11.0. The lowest BCUT2D eigenvalue weighted by atomic mass is 10.2. The van der Waals surface area contributed by atoms with Crippen molar-refractivity contribution < 1.29 is 18.7 Å². The fourth-order valence-electron chi connectivity index (χ4n) is 2.32. The van der Waals surface area contributed by atoms with Crippen LogP contribution in [-0.2, 0) is 16.2 Å². The van der Waals surface area contributed by atoms with Gasteiger partial charge in [0.05, 0.1) is 5.75 Å². The summed E-state index contributed by atoms with van der Waals surface area (Å²) in [6.07, 6.45) is 1.17. The van der Waals surface area contributed by atoms with Crippen LogP contribution in [0.25, 0.3) is 0 Å². The Morgan fingerprint density at radius 1 is 1.42 bits per heavy atom. The van der Waals surface area contributed by atoms with Crippen LogP contribution in [0, 0.1) is 6.92 Å². The maximum atomic E-state index is 11.9. The fraction of sp³-hybridized carbons (Fsp3) is 0.375. The molecular weight excluding hydrogens is 330 g/mol. The van der Waals surface area contributed by atoms with Crippen LogP contribution in [0.5, 0.6) is 5.75 Å². The average Bonchev–Trinajstić information content (AvgIpc) is 3.19. The second-order valence-electron chi connectivity index (χ2n) is 5.40. The van der Waals surface area contributed by atoms with Gasteiger partial charge in [-0.2, -0.15) is 0 Å². The molecule has 0 atom stereocenters. The molecule has 1 aromatic carbocycles. The molecule has 8 heteroatoms. The lowest BCUT2D eigenvalue weighted by molar-refractivity contribution is -0.140. The monoisotopic (exact) mass is 347 g/mol. The molecule has 1 aromatic heterocycles. The van der Waals surface area contributed by atoms with Crippen molar-refractivity contribution in [3.05, 3.63) is 35.7 Å². The van der Waals surface area contributed by atoms with E-state index in [1.807, 2.05) is 31.2 Å². The second-order valence-corrected chi connectivity index (χ2v) is 6.32. The normalized spacial score (nSPS) is 14.2. The van der Waals surface area contributed by atoms with Gasteiger partial charge in [0.25, 0.3) is 11.1 Å². The molecular formula is C16H17N3O4S. The summed E-state index contributed by atoms with van der Waals surface area (Å²) in [5.41, 5.74) is 1.10. The van der Waals surface area contributed by atoms with Crippen LogP contribution in [0.4, 0.5) is 0 Å². The van der Waals surface area contributed by atoms with Gasteiger partial charge in [-0.15, -0.1) is 10.2 Å². The van der Waals surface area contributed by atoms with Crippen LogP contribution in [0.3, 0.4) is 0 Å². The molecule has 0 radical (unpaired) electrons. The molecule has 0 bridgehead atoms. The van der Waals surface area contributed by atoms with Crippen molar-refractivity contribution in [1.82, 2.24) is 15.1 Å². The quantitative estimate of drug-likeness (QED) is 0.740. The number of thioether (sulfide) groups is 1. The Morgan fingerprint density at radius 3 is 3.04 bits per heavy atom. The molecule has 0 saturated carbocycles. The third kappa shape index (κ3) is 4.14. The first kappa shape index (κ1) is 16.5. The molecule has 24 heavy (non-hydrogen) atoms. The van der Waals surface area contributed by atoms with Crippen molar-refractivity contribution in [2.24, 2.45) is 0 Å². The smallest absolute Gasteiger partial charge is 0.277 e. The molecule has 3 rings (SSSR count). The number of hydrogen-bond acceptors (Lipinski definition) is 7. The summed E-state index contributed by atoms with van der Waals surface area (Å²) in [4.78, 5) is 24.7. The van der Waals surface area contributed by atoms with Crippen LogP contribution >= 0.6 is 11.8 Å². The van der Waals surface area contributed by atoms with E-state index in [-0.39, 0.29) is 29.4 Å². The van der Waals surface area contributed by atoms with E-state index in [1.54, 1.807) is 0 Å². The fourth-order valence-corrected chi connectivity index (χ4v) is 2.97. The standard InChI is InChI=1S/C16H17N3O4S/c1-11-4-2-5-12(8-11)22-9-13-17-18-16(23-13)24-10-15(21)19-7-3-6-14(19)20/h2,4-5,8H,3,6-7,9-10H2,1H3. The lowest BCUT2D eigenvalue weighted by Crippen LogP contribution is -2.33. The molecule has 1 aliphatic heterocycles. The second kappa shape index (κ2) is 7.48. The highest BCUT2D eigenvalue weighted by Gasteiger charge is 2.26. The summed E-state index contributed by atoms with van der Waals surface area (Å²) in [6.45, 7) is 2.64. The summed E-state index contributed by atoms with van der Waals surface area (Å²) >= 11 is 1.12. The van der Waals surface area contributed by atoms with Gasteiger partial charge < -0.3 is 9.15 Å². The van der Waals surface area contributed by atoms with E-state index in [9.17, 15) is 9.59 Å². The third-order valence-corrected chi connectivity index (χ3v) is 4.30. The molecule has 0 aliphatic carbocycles. The van der Waals surface area contributed by atoms with Crippen LogP contribution in [-0.4, -0.2) is 39.2 Å². The first-order valence-corrected chi connectivity index (χ1v) is 8.58. The van der Waals surface area contributed by atoms with Gasteiger partial charge in [-0.1, -0.05) is 23.9 Å². The largest absolute Gasteiger partial charge is 0.484 e. The first-order chi connectivity index (χ1) is 11.6. The number of imide groups is 1. The number of benzene rings is 1. The molecule has 1 saturated heterocycles. The predicted octanol–water partition coefficient (Wildman–Crippen LogP) is 2.20. The molecule has 126 valence electrons. The summed E-state index contributed by atoms with van der Waals surface area (Å²) in [6, 6.07) is 7.66. The molecule has 1 fully saturated rings. The molecule has 2 heterocycles. The Morgan fingerprint density at radius 2 is 2.29 bits per heavy atom. The van der Waals surface area contributed by atoms with Crippen LogP contribution in [0.1, 0.15) is 24.3 Å². The number of ether oxygens (including phenoxy) is 1. The van der Waals surface area contributed by atoms with Crippen LogP contribution in [0.15, 0.2) is 33.9 Å². The van der Waals surface area contributed by atoms with E-state index < -0.39 is 0 Å². The minimum Gasteiger partial charge on any atom is -0.484 e. The van der Waals surface area contributed by atoms with Crippen LogP contribution in [0.2, 0.25) is 0 Å². The number of carbonyl (C=O) groups is 2. The Kier molecular flexibility index (Phi) is 5.14. The number of carbonyl (C=O) groups excluding carboxylic acids is 2. The maximum absolute atomic E-state index is 11.9. The average molecular weight is 347 g/mol. The molecule has 2 amide bonds. The zero-order valence-electron chi connectivity index (χ0n) is 13.2. The van der Waals surface area contributed by atoms with Crippen molar-refractivity contribution in [3.63, 3.8) is 0 Å². The Labute approximate surface area is 143 Å². The maximum Gasteiger partial charge on any atom is 0.277 e. The molecule has 0 spiro atoms. The van der Waals surface area contributed by atoms with E-state index in [4.69, 9.17) is 9.15 Å². The van der Waals surface area contributed by atoms with Crippen molar-refractivity contribution in [2.75, 3.05) is 12.3 Å². The van der Waals surface area contributed by atoms with Crippen molar-refractivity contribution >= 4 is 23.6 Å². The Hall–Kier alpha value is -2.35. The minimum atomic E-state index is -0.224. The number of aromatic nitrogens is 2. The number of nitrogens with zero attached hydrogens (tertiary/aromatic N) is 3. The number of rotatable bonds is 6. The van der Waals surface area contributed by atoms with Gasteiger partial charge in [0.15, 0.2) is 6.61 Å². The van der Waals surface area contributed by atoms with E-state index in [0.29, 0.717) is 18.9 Å². The van der Waals surface area contributed by atoms with Gasteiger partial charge in [0, 0.05) is 13.0 Å². The summed E-state index contributed by atoms with van der Waals surface area (Å²) in [7, 11) is 0. The SMILES string of the molecule is Cc1cccc(OCc2nnc(SCC(=O)N3CCCC3=O)o2)c1. The Bertz CT molecular complexity index is 746. The van der Waals surface area contributed by atoms with Crippen molar-refractivity contribution in [3.8, 4) is 5.75 Å². The number of amides is 2. The van der Waals surface area contributed by atoms with Crippen molar-refractivity contribution in [1.29, 1.82) is 0 Å². The van der Waals surface area contributed by atoms with E-state index in [1.165, 1.54) is 4.90 Å². The predicted molar refractivity (Wildman–Crippen MR) is 86.5 cm³/mol. The third-order valence-electron chi connectivity index (χ3n) is 3.49. The van der Waals surface area contributed by atoms with Gasteiger partial charge in [-0.25, -0.2) is 0 Å². The number of likely N-dealkylation sites (tertiary alicyclic amines) is 1. The van der Waals surface area contributed by atoms with Gasteiger partial charge in [0.1, 0.15) is 5.75 Å². The summed E-state index contributed by atoms with van der Waals surface area (Å²) in [5, 5.41) is 8.05. The highest BCUT2D eigenvalue weighted by Crippen LogP contribution is 2.20. The number of aryl methyl sites for hydroxylation is 1. The van der Waals surface area contributed by atoms with Gasteiger partial charge >= 0.3 is 0 Å². The number of hydrogen-bond donors (Lipinski definition) is 0. The molecule has 7 nitrogen and oxygen atoms in total. The topological polar surface area (TPSA) is 85.5 Å². The molecule has 0 N–H and O–H groups in total. The minimum absolute atomic E-state index is 0.103. The molecule has 2 aromatic rings. The highest BCUT2D eigenvalue weighted by atomic mass is 32.2. The molecule has 1 aliphatic rings. The van der Waals surface area contributed by atoms with Crippen molar-refractivity contribution in [2.45, 2.75) is 31.6 Å². The summed E-state index contributed by atoms with van der Waals surface area (Å²) in [5.74, 6) is 0.831. The first-order valence-electron chi connectivity index (χ1n) is 7.59. The zero-order valence-corrected chi connectivity index (χ0v) is 14.0. The van der Waals surface area contributed by atoms with E-state index in [2.05, 4.69) is 10.2 Å². The van der Waals surface area contributed by atoms with Gasteiger partial charge in [-0.3, -0.25) is 14.5 Å². The van der Waals surface area contributed by atoms with E-state index in [0.717, 1.165) is 29.5 Å². The van der Waals surface area contributed by atoms with Gasteiger partial charge in [0.2, 0.25) is 11.8 Å². The Balaban J connectivity index is 1.48. The van der Waals surface area contributed by atoms with Gasteiger partial charge in [-0.05, 0) is 31.0 Å².